The third-order valence-corrected chi connectivity index (χ3v) is 4.45. The van der Waals surface area contributed by atoms with Crippen LogP contribution in [0.15, 0.2) is 30.3 Å². The van der Waals surface area contributed by atoms with Crippen molar-refractivity contribution < 1.29 is 4.74 Å². The number of nitrogens with one attached hydrogen (secondary N) is 1. The number of hydrogen-bond donors (Lipinski definition) is 1. The van der Waals surface area contributed by atoms with Crippen molar-refractivity contribution in [2.45, 2.75) is 46.1 Å². The van der Waals surface area contributed by atoms with Gasteiger partial charge in [-0.3, -0.25) is 0 Å². The van der Waals surface area contributed by atoms with Gasteiger partial charge in [-0.2, -0.15) is 0 Å². The Balaban J connectivity index is 1.78. The van der Waals surface area contributed by atoms with Crippen LogP contribution >= 0.6 is 0 Å². The zero-order valence-corrected chi connectivity index (χ0v) is 12.5. The molecule has 1 aromatic rings. The minimum atomic E-state index is 0.317. The second-order valence-corrected chi connectivity index (χ2v) is 6.38. The van der Waals surface area contributed by atoms with Crippen LogP contribution in [0.2, 0.25) is 0 Å². The van der Waals surface area contributed by atoms with Gasteiger partial charge in [0.2, 0.25) is 0 Å². The van der Waals surface area contributed by atoms with Crippen molar-refractivity contribution in [1.29, 1.82) is 0 Å². The van der Waals surface area contributed by atoms with Crippen LogP contribution in [0.25, 0.3) is 0 Å². The van der Waals surface area contributed by atoms with Gasteiger partial charge in [0.25, 0.3) is 0 Å². The van der Waals surface area contributed by atoms with E-state index >= 15 is 0 Å². The molecule has 0 aromatic heterocycles. The van der Waals surface area contributed by atoms with Gasteiger partial charge in [-0.15, -0.1) is 0 Å². The minimum Gasteiger partial charge on any atom is -0.494 e. The molecule has 1 N–H and O–H groups in total. The average Bonchev–Trinajstić information content (AvgIpc) is 3.21. The smallest absolute Gasteiger partial charge is 0.119 e. The van der Waals surface area contributed by atoms with Gasteiger partial charge in [-0.25, -0.2) is 0 Å². The van der Waals surface area contributed by atoms with Crippen molar-refractivity contribution in [2.24, 2.45) is 11.3 Å². The Morgan fingerprint density at radius 1 is 1.26 bits per heavy atom. The number of ether oxygens (including phenoxy) is 1. The first-order valence-corrected chi connectivity index (χ1v) is 7.51. The minimum absolute atomic E-state index is 0.317. The summed E-state index contributed by atoms with van der Waals surface area (Å²) < 4.78 is 5.85. The van der Waals surface area contributed by atoms with E-state index in [4.69, 9.17) is 4.74 Å². The molecular weight excluding hydrogens is 234 g/mol. The Hall–Kier alpha value is -1.02. The lowest BCUT2D eigenvalue weighted by Crippen LogP contribution is -2.38. The van der Waals surface area contributed by atoms with Crippen molar-refractivity contribution in [3.8, 4) is 5.75 Å². The quantitative estimate of drug-likeness (QED) is 0.767. The molecule has 0 aliphatic heterocycles. The van der Waals surface area contributed by atoms with E-state index in [9.17, 15) is 0 Å². The fourth-order valence-corrected chi connectivity index (χ4v) is 2.16. The highest BCUT2D eigenvalue weighted by Gasteiger charge is 2.31. The van der Waals surface area contributed by atoms with Gasteiger partial charge in [0.05, 0.1) is 6.61 Å². The molecule has 0 radical (unpaired) electrons. The Bertz CT molecular complexity index is 372. The lowest BCUT2D eigenvalue weighted by atomic mass is 9.76. The lowest BCUT2D eigenvalue weighted by molar-refractivity contribution is 0.150. The second kappa shape index (κ2) is 6.42. The van der Waals surface area contributed by atoms with Crippen LogP contribution in [0.5, 0.6) is 5.75 Å². The maximum Gasteiger partial charge on any atom is 0.119 e. The number of hydrogen-bond acceptors (Lipinski definition) is 2. The molecule has 0 heterocycles. The van der Waals surface area contributed by atoms with E-state index in [0.717, 1.165) is 31.4 Å². The molecule has 2 rings (SSSR count). The van der Waals surface area contributed by atoms with E-state index in [0.29, 0.717) is 11.3 Å². The summed E-state index contributed by atoms with van der Waals surface area (Å²) in [7, 11) is 0. The summed E-state index contributed by atoms with van der Waals surface area (Å²) in [5, 5.41) is 3.67. The summed E-state index contributed by atoms with van der Waals surface area (Å²) in [5.74, 6) is 1.64. The lowest BCUT2D eigenvalue weighted by Gasteiger charge is -2.34. The predicted molar refractivity (Wildman–Crippen MR) is 80.5 cm³/mol. The topological polar surface area (TPSA) is 21.3 Å². The van der Waals surface area contributed by atoms with Gasteiger partial charge < -0.3 is 10.1 Å². The molecule has 0 spiro atoms. The van der Waals surface area contributed by atoms with Crippen LogP contribution in [0.1, 0.15) is 40.0 Å². The molecule has 0 saturated heterocycles. The summed E-state index contributed by atoms with van der Waals surface area (Å²) in [4.78, 5) is 0. The summed E-state index contributed by atoms with van der Waals surface area (Å²) in [6.07, 6.45) is 3.81. The van der Waals surface area contributed by atoms with Crippen LogP contribution in [-0.2, 0) is 0 Å². The molecule has 1 fully saturated rings. The first-order valence-electron chi connectivity index (χ1n) is 7.51. The van der Waals surface area contributed by atoms with Gasteiger partial charge in [-0.05, 0) is 42.7 Å². The van der Waals surface area contributed by atoms with Gasteiger partial charge in [0.1, 0.15) is 5.75 Å². The molecule has 1 unspecified atom stereocenters. The van der Waals surface area contributed by atoms with Crippen molar-refractivity contribution in [3.63, 3.8) is 0 Å². The largest absolute Gasteiger partial charge is 0.494 e. The predicted octanol–water partition coefficient (Wildman–Crippen LogP) is 3.87. The molecule has 2 heteroatoms. The summed E-state index contributed by atoms with van der Waals surface area (Å²) in [5.41, 5.74) is 0.317. The standard InChI is InChI=1S/C17H27NO/c1-14(2)17(3,13-18-15-9-10-15)11-12-19-16-7-5-4-6-8-16/h4-8,14-15,18H,9-13H2,1-3H3. The molecule has 106 valence electrons. The molecular formula is C17H27NO. The van der Waals surface area contributed by atoms with Crippen LogP contribution in [-0.4, -0.2) is 19.2 Å². The second-order valence-electron chi connectivity index (χ2n) is 6.38. The molecule has 19 heavy (non-hydrogen) atoms. The molecule has 1 saturated carbocycles. The molecule has 0 amide bonds. The van der Waals surface area contributed by atoms with Crippen LogP contribution in [0.4, 0.5) is 0 Å². The molecule has 1 atom stereocenters. The average molecular weight is 261 g/mol. The number of para-hydroxylation sites is 1. The number of benzene rings is 1. The zero-order chi connectivity index (χ0) is 13.7. The van der Waals surface area contributed by atoms with E-state index in [1.165, 1.54) is 12.8 Å². The van der Waals surface area contributed by atoms with Crippen molar-refractivity contribution in [1.82, 2.24) is 5.32 Å². The first kappa shape index (κ1) is 14.4. The summed E-state index contributed by atoms with van der Waals surface area (Å²) >= 11 is 0. The highest BCUT2D eigenvalue weighted by atomic mass is 16.5. The monoisotopic (exact) mass is 261 g/mol. The van der Waals surface area contributed by atoms with Crippen LogP contribution < -0.4 is 10.1 Å². The SMILES string of the molecule is CC(C)C(C)(CCOc1ccccc1)CNC1CC1. The van der Waals surface area contributed by atoms with Gasteiger partial charge in [0, 0.05) is 12.6 Å². The van der Waals surface area contributed by atoms with Gasteiger partial charge in [-0.1, -0.05) is 39.0 Å². The van der Waals surface area contributed by atoms with Crippen molar-refractivity contribution >= 4 is 0 Å². The molecule has 0 bridgehead atoms. The normalized spacial score (nSPS) is 18.3. The fourth-order valence-electron chi connectivity index (χ4n) is 2.16. The molecule has 1 aromatic carbocycles. The highest BCUT2D eigenvalue weighted by molar-refractivity contribution is 5.20. The van der Waals surface area contributed by atoms with E-state index < -0.39 is 0 Å². The Kier molecular flexibility index (Phi) is 4.87. The van der Waals surface area contributed by atoms with Crippen molar-refractivity contribution in [3.05, 3.63) is 30.3 Å². The van der Waals surface area contributed by atoms with Crippen LogP contribution in [0.3, 0.4) is 0 Å². The Morgan fingerprint density at radius 3 is 2.53 bits per heavy atom. The van der Waals surface area contributed by atoms with Gasteiger partial charge in [0.15, 0.2) is 0 Å². The maximum atomic E-state index is 5.85. The van der Waals surface area contributed by atoms with E-state index in [1.807, 2.05) is 30.3 Å². The third kappa shape index (κ3) is 4.54. The number of rotatable bonds is 8. The van der Waals surface area contributed by atoms with Crippen molar-refractivity contribution in [2.75, 3.05) is 13.2 Å². The zero-order valence-electron chi connectivity index (χ0n) is 12.5. The van der Waals surface area contributed by atoms with Gasteiger partial charge >= 0.3 is 0 Å². The Labute approximate surface area is 117 Å². The highest BCUT2D eigenvalue weighted by Crippen LogP contribution is 2.32. The third-order valence-electron chi connectivity index (χ3n) is 4.45. The summed E-state index contributed by atoms with van der Waals surface area (Å²) in [6, 6.07) is 10.9. The summed E-state index contributed by atoms with van der Waals surface area (Å²) in [6.45, 7) is 8.91. The van der Waals surface area contributed by atoms with E-state index in [-0.39, 0.29) is 0 Å². The Morgan fingerprint density at radius 2 is 1.95 bits per heavy atom. The molecule has 1 aliphatic carbocycles. The first-order chi connectivity index (χ1) is 9.10. The molecule has 1 aliphatic rings. The maximum absolute atomic E-state index is 5.85. The van der Waals surface area contributed by atoms with Crippen LogP contribution in [0, 0.1) is 11.3 Å². The fraction of sp³-hybridized carbons (Fsp3) is 0.647. The molecule has 2 nitrogen and oxygen atoms in total. The van der Waals surface area contributed by atoms with E-state index in [2.05, 4.69) is 26.1 Å². The van der Waals surface area contributed by atoms with E-state index in [1.54, 1.807) is 0 Å².